The fourth-order valence-corrected chi connectivity index (χ4v) is 4.56. The summed E-state index contributed by atoms with van der Waals surface area (Å²) < 4.78 is 32.4. The molecule has 0 saturated carbocycles. The lowest BCUT2D eigenvalue weighted by atomic mass is 10.3. The summed E-state index contributed by atoms with van der Waals surface area (Å²) in [4.78, 5) is 1.03. The highest BCUT2D eigenvalue weighted by atomic mass is 35.5. The number of sulfonamides is 1. The van der Waals surface area contributed by atoms with Crippen LogP contribution in [0.3, 0.4) is 0 Å². The molecule has 21 heavy (non-hydrogen) atoms. The normalized spacial score (nSPS) is 11.4. The van der Waals surface area contributed by atoms with E-state index in [9.17, 15) is 8.42 Å². The largest absolute Gasteiger partial charge is 0.495 e. The quantitative estimate of drug-likeness (QED) is 0.844. The van der Waals surface area contributed by atoms with E-state index >= 15 is 0 Å². The third-order valence-electron chi connectivity index (χ3n) is 2.74. The fourth-order valence-electron chi connectivity index (χ4n) is 1.80. The van der Waals surface area contributed by atoms with E-state index < -0.39 is 10.0 Å². The molecule has 0 spiro atoms. The van der Waals surface area contributed by atoms with Gasteiger partial charge >= 0.3 is 0 Å². The molecule has 0 amide bonds. The highest BCUT2D eigenvalue weighted by Gasteiger charge is 2.20. The molecular formula is C13H15ClN2O3S2. The Hall–Kier alpha value is -1.28. The number of rotatable bonds is 6. The van der Waals surface area contributed by atoms with Gasteiger partial charge in [0.15, 0.2) is 0 Å². The van der Waals surface area contributed by atoms with Crippen molar-refractivity contribution in [2.75, 3.05) is 18.9 Å². The number of hydrogen-bond donors (Lipinski definition) is 2. The van der Waals surface area contributed by atoms with Crippen molar-refractivity contribution < 1.29 is 13.2 Å². The average Bonchev–Trinajstić information content (AvgIpc) is 2.88. The van der Waals surface area contributed by atoms with Gasteiger partial charge in [-0.3, -0.25) is 4.72 Å². The van der Waals surface area contributed by atoms with Gasteiger partial charge in [0.05, 0.1) is 17.8 Å². The minimum Gasteiger partial charge on any atom is -0.495 e. The van der Waals surface area contributed by atoms with Crippen molar-refractivity contribution in [3.63, 3.8) is 0 Å². The first kappa shape index (κ1) is 16.1. The molecule has 0 aliphatic rings. The first-order chi connectivity index (χ1) is 9.97. The van der Waals surface area contributed by atoms with Crippen LogP contribution in [0.5, 0.6) is 5.75 Å². The van der Waals surface area contributed by atoms with E-state index in [4.69, 9.17) is 16.3 Å². The summed E-state index contributed by atoms with van der Waals surface area (Å²) in [6.07, 6.45) is 0. The van der Waals surface area contributed by atoms with Crippen molar-refractivity contribution >= 4 is 38.6 Å². The number of halogens is 1. The predicted octanol–water partition coefficient (Wildman–Crippen LogP) is 2.93. The van der Waals surface area contributed by atoms with Crippen LogP contribution >= 0.6 is 22.9 Å². The molecule has 5 nitrogen and oxygen atoms in total. The summed E-state index contributed by atoms with van der Waals surface area (Å²) in [5, 5.41) is 5.05. The Labute approximate surface area is 133 Å². The summed E-state index contributed by atoms with van der Waals surface area (Å²) in [5.74, 6) is 0.492. The van der Waals surface area contributed by atoms with Crippen molar-refractivity contribution in [2.24, 2.45) is 0 Å². The number of benzene rings is 1. The van der Waals surface area contributed by atoms with E-state index in [0.29, 0.717) is 23.0 Å². The van der Waals surface area contributed by atoms with Crippen LogP contribution in [0.4, 0.5) is 5.69 Å². The number of thiophene rings is 1. The Bertz CT molecular complexity index is 729. The number of nitrogens with one attached hydrogen (secondary N) is 2. The van der Waals surface area contributed by atoms with Gasteiger partial charge in [-0.05, 0) is 36.7 Å². The molecule has 114 valence electrons. The van der Waals surface area contributed by atoms with Crippen LogP contribution in [0.1, 0.15) is 4.88 Å². The first-order valence-electron chi connectivity index (χ1n) is 6.05. The van der Waals surface area contributed by atoms with Gasteiger partial charge in [-0.2, -0.15) is 0 Å². The molecule has 2 rings (SSSR count). The van der Waals surface area contributed by atoms with Gasteiger partial charge in [0.25, 0.3) is 10.0 Å². The lowest BCUT2D eigenvalue weighted by Crippen LogP contribution is -2.15. The molecule has 0 unspecified atom stereocenters. The minimum atomic E-state index is -3.64. The molecule has 0 fully saturated rings. The van der Waals surface area contributed by atoms with Crippen molar-refractivity contribution in [3.05, 3.63) is 39.5 Å². The minimum absolute atomic E-state index is 0.272. The number of methoxy groups -OCH3 is 1. The maximum Gasteiger partial charge on any atom is 0.263 e. The van der Waals surface area contributed by atoms with Crippen LogP contribution in [0.2, 0.25) is 5.02 Å². The highest BCUT2D eigenvalue weighted by molar-refractivity contribution is 7.93. The second-order valence-corrected chi connectivity index (χ2v) is 7.25. The van der Waals surface area contributed by atoms with Gasteiger partial charge < -0.3 is 10.1 Å². The first-order valence-corrected chi connectivity index (χ1v) is 8.79. The monoisotopic (exact) mass is 346 g/mol. The summed E-state index contributed by atoms with van der Waals surface area (Å²) in [6.45, 7) is 0.497. The molecule has 0 aliphatic heterocycles. The van der Waals surface area contributed by atoms with Crippen LogP contribution in [0.15, 0.2) is 34.5 Å². The van der Waals surface area contributed by atoms with Crippen LogP contribution in [0.25, 0.3) is 0 Å². The Morgan fingerprint density at radius 1 is 1.33 bits per heavy atom. The van der Waals surface area contributed by atoms with Gasteiger partial charge in [-0.25, -0.2) is 8.42 Å². The topological polar surface area (TPSA) is 67.4 Å². The van der Waals surface area contributed by atoms with Gasteiger partial charge in [0.1, 0.15) is 10.6 Å². The molecule has 8 heteroatoms. The maximum atomic E-state index is 12.4. The van der Waals surface area contributed by atoms with E-state index in [1.165, 1.54) is 24.5 Å². The molecule has 0 aliphatic carbocycles. The molecule has 0 radical (unpaired) electrons. The summed E-state index contributed by atoms with van der Waals surface area (Å²) in [5.41, 5.74) is 0.391. The maximum absolute atomic E-state index is 12.4. The van der Waals surface area contributed by atoms with Crippen molar-refractivity contribution in [1.82, 2.24) is 5.32 Å². The molecular weight excluding hydrogens is 332 g/mol. The standard InChI is InChI=1S/C13H15ClN2O3S2/c1-15-8-12-13(5-6-20-12)21(17,18)16-9-3-4-11(19-2)10(14)7-9/h3-7,15-16H,8H2,1-2H3. The summed E-state index contributed by atoms with van der Waals surface area (Å²) in [7, 11) is -0.367. The Balaban J connectivity index is 2.29. The van der Waals surface area contributed by atoms with E-state index in [2.05, 4.69) is 10.0 Å². The molecule has 0 saturated heterocycles. The van der Waals surface area contributed by atoms with Crippen molar-refractivity contribution in [2.45, 2.75) is 11.4 Å². The molecule has 1 aromatic heterocycles. The zero-order chi connectivity index (χ0) is 15.5. The van der Waals surface area contributed by atoms with Gasteiger partial charge in [-0.1, -0.05) is 11.6 Å². The molecule has 2 N–H and O–H groups in total. The molecule has 0 bridgehead atoms. The van der Waals surface area contributed by atoms with Crippen molar-refractivity contribution in [3.8, 4) is 5.75 Å². The third-order valence-corrected chi connectivity index (χ3v) is 5.55. The second kappa shape index (κ2) is 6.65. The Kier molecular flexibility index (Phi) is 5.10. The second-order valence-electron chi connectivity index (χ2n) is 4.19. The molecule has 1 aromatic carbocycles. The van der Waals surface area contributed by atoms with Gasteiger partial charge in [0.2, 0.25) is 0 Å². The third kappa shape index (κ3) is 3.68. The van der Waals surface area contributed by atoms with Crippen LogP contribution in [0, 0.1) is 0 Å². The summed E-state index contributed by atoms with van der Waals surface area (Å²) >= 11 is 7.39. The number of ether oxygens (including phenoxy) is 1. The van der Waals surface area contributed by atoms with E-state index in [0.717, 1.165) is 4.88 Å². The van der Waals surface area contributed by atoms with E-state index in [1.807, 2.05) is 0 Å². The van der Waals surface area contributed by atoms with Crippen LogP contribution in [-0.4, -0.2) is 22.6 Å². The van der Waals surface area contributed by atoms with E-state index in [-0.39, 0.29) is 4.90 Å². The molecule has 0 atom stereocenters. The smallest absolute Gasteiger partial charge is 0.263 e. The lowest BCUT2D eigenvalue weighted by Gasteiger charge is -2.10. The number of hydrogen-bond acceptors (Lipinski definition) is 5. The zero-order valence-corrected chi connectivity index (χ0v) is 13.9. The summed E-state index contributed by atoms with van der Waals surface area (Å²) in [6, 6.07) is 6.32. The Morgan fingerprint density at radius 3 is 2.71 bits per heavy atom. The van der Waals surface area contributed by atoms with Crippen LogP contribution in [-0.2, 0) is 16.6 Å². The number of anilines is 1. The van der Waals surface area contributed by atoms with Crippen molar-refractivity contribution in [1.29, 1.82) is 0 Å². The lowest BCUT2D eigenvalue weighted by molar-refractivity contribution is 0.415. The highest BCUT2D eigenvalue weighted by Crippen LogP contribution is 2.29. The van der Waals surface area contributed by atoms with Gasteiger partial charge in [-0.15, -0.1) is 11.3 Å². The Morgan fingerprint density at radius 2 is 2.10 bits per heavy atom. The SMILES string of the molecule is CNCc1sccc1S(=O)(=O)Nc1ccc(OC)c(Cl)c1. The fraction of sp³-hybridized carbons (Fsp3) is 0.231. The predicted molar refractivity (Wildman–Crippen MR) is 85.9 cm³/mol. The molecule has 2 aromatic rings. The molecule has 1 heterocycles. The average molecular weight is 347 g/mol. The van der Waals surface area contributed by atoms with Crippen LogP contribution < -0.4 is 14.8 Å². The van der Waals surface area contributed by atoms with Gasteiger partial charge in [0, 0.05) is 11.4 Å². The zero-order valence-electron chi connectivity index (χ0n) is 11.5. The van der Waals surface area contributed by atoms with E-state index in [1.54, 1.807) is 30.6 Å².